The van der Waals surface area contributed by atoms with E-state index in [-0.39, 0.29) is 0 Å². The highest BCUT2D eigenvalue weighted by Crippen LogP contribution is 2.20. The molecular formula is C15H21ClN2S2. The smallest absolute Gasteiger partial charge is 0.0931 e. The number of nitrogens with zero attached hydrogens (tertiary/aromatic N) is 1. The molecule has 0 saturated carbocycles. The maximum absolute atomic E-state index is 5.92. The number of hydrogen-bond donors (Lipinski definition) is 1. The fraction of sp³-hybridized carbons (Fsp3) is 0.467. The van der Waals surface area contributed by atoms with Crippen LogP contribution in [-0.4, -0.2) is 31.1 Å². The second-order valence-electron chi connectivity index (χ2n) is 5.00. The topological polar surface area (TPSA) is 15.3 Å². The van der Waals surface area contributed by atoms with E-state index in [2.05, 4.69) is 47.8 Å². The van der Waals surface area contributed by atoms with Crippen molar-refractivity contribution in [3.63, 3.8) is 0 Å². The van der Waals surface area contributed by atoms with Crippen molar-refractivity contribution in [1.82, 2.24) is 10.2 Å². The lowest BCUT2D eigenvalue weighted by Gasteiger charge is -2.24. The molecule has 20 heavy (non-hydrogen) atoms. The first-order valence-corrected chi connectivity index (χ1v) is 8.90. The third-order valence-corrected chi connectivity index (χ3v) is 5.53. The molecule has 2 rings (SSSR count). The molecule has 0 saturated heterocycles. The summed E-state index contributed by atoms with van der Waals surface area (Å²) in [5.41, 5.74) is 0. The minimum absolute atomic E-state index is 0.576. The predicted molar refractivity (Wildman–Crippen MR) is 91.2 cm³/mol. The molecule has 1 N–H and O–H groups in total. The summed E-state index contributed by atoms with van der Waals surface area (Å²) in [5, 5.41) is 5.62. The van der Waals surface area contributed by atoms with E-state index in [1.807, 2.05) is 17.4 Å². The molecule has 1 atom stereocenters. The van der Waals surface area contributed by atoms with Crippen molar-refractivity contribution < 1.29 is 0 Å². The van der Waals surface area contributed by atoms with Gasteiger partial charge in [-0.1, -0.05) is 17.7 Å². The fourth-order valence-corrected chi connectivity index (χ4v) is 3.89. The molecule has 2 aromatic heterocycles. The van der Waals surface area contributed by atoms with Crippen molar-refractivity contribution in [1.29, 1.82) is 0 Å². The zero-order valence-corrected chi connectivity index (χ0v) is 14.3. The van der Waals surface area contributed by atoms with E-state index < -0.39 is 0 Å². The normalized spacial score (nSPS) is 13.0. The Kier molecular flexibility index (Phi) is 6.52. The highest BCUT2D eigenvalue weighted by molar-refractivity contribution is 7.16. The SMILES string of the molecule is CC(Cc1cccs1)N(C)CCNCc1ccc(Cl)s1. The van der Waals surface area contributed by atoms with E-state index in [9.17, 15) is 0 Å². The molecule has 0 aromatic carbocycles. The summed E-state index contributed by atoms with van der Waals surface area (Å²) in [7, 11) is 2.20. The lowest BCUT2D eigenvalue weighted by atomic mass is 10.2. The summed E-state index contributed by atoms with van der Waals surface area (Å²) < 4.78 is 0.864. The zero-order chi connectivity index (χ0) is 14.4. The molecule has 0 amide bonds. The van der Waals surface area contributed by atoms with Gasteiger partial charge >= 0.3 is 0 Å². The molecule has 0 aliphatic heterocycles. The van der Waals surface area contributed by atoms with Gasteiger partial charge < -0.3 is 10.2 Å². The van der Waals surface area contributed by atoms with Crippen LogP contribution in [0.1, 0.15) is 16.7 Å². The number of nitrogens with one attached hydrogen (secondary N) is 1. The quantitative estimate of drug-likeness (QED) is 0.733. The number of halogens is 1. The minimum Gasteiger partial charge on any atom is -0.311 e. The van der Waals surface area contributed by atoms with Gasteiger partial charge in [-0.25, -0.2) is 0 Å². The minimum atomic E-state index is 0.576. The molecule has 0 fully saturated rings. The van der Waals surface area contributed by atoms with Crippen molar-refractivity contribution in [2.75, 3.05) is 20.1 Å². The number of hydrogen-bond acceptors (Lipinski definition) is 4. The lowest BCUT2D eigenvalue weighted by molar-refractivity contribution is 0.257. The maximum Gasteiger partial charge on any atom is 0.0931 e. The van der Waals surface area contributed by atoms with E-state index in [4.69, 9.17) is 11.6 Å². The molecule has 0 bridgehead atoms. The van der Waals surface area contributed by atoms with Gasteiger partial charge in [0.15, 0.2) is 0 Å². The average molecular weight is 329 g/mol. The summed E-state index contributed by atoms with van der Waals surface area (Å²) in [4.78, 5) is 5.17. The van der Waals surface area contributed by atoms with Gasteiger partial charge in [-0.15, -0.1) is 22.7 Å². The maximum atomic E-state index is 5.92. The van der Waals surface area contributed by atoms with Crippen molar-refractivity contribution in [2.45, 2.75) is 25.9 Å². The molecule has 0 aliphatic rings. The van der Waals surface area contributed by atoms with Gasteiger partial charge in [0.1, 0.15) is 0 Å². The molecule has 0 spiro atoms. The monoisotopic (exact) mass is 328 g/mol. The standard InChI is InChI=1S/C15H21ClN2S2/c1-12(10-13-4-3-9-19-13)18(2)8-7-17-11-14-5-6-15(16)20-14/h3-6,9,12,17H,7-8,10-11H2,1-2H3. The van der Waals surface area contributed by atoms with E-state index >= 15 is 0 Å². The second-order valence-corrected chi connectivity index (χ2v) is 7.83. The van der Waals surface area contributed by atoms with E-state index in [1.54, 1.807) is 11.3 Å². The van der Waals surface area contributed by atoms with Gasteiger partial charge in [0, 0.05) is 35.4 Å². The highest BCUT2D eigenvalue weighted by Gasteiger charge is 2.10. The zero-order valence-electron chi connectivity index (χ0n) is 11.9. The average Bonchev–Trinajstić information content (AvgIpc) is 3.06. The van der Waals surface area contributed by atoms with Gasteiger partial charge in [-0.05, 0) is 44.0 Å². The van der Waals surface area contributed by atoms with E-state index in [0.717, 1.165) is 30.4 Å². The summed E-state index contributed by atoms with van der Waals surface area (Å²) in [6.07, 6.45) is 1.13. The Hall–Kier alpha value is -0.390. The summed E-state index contributed by atoms with van der Waals surface area (Å²) in [6.45, 7) is 5.26. The van der Waals surface area contributed by atoms with Crippen LogP contribution >= 0.6 is 34.3 Å². The fourth-order valence-electron chi connectivity index (χ4n) is 2.01. The largest absolute Gasteiger partial charge is 0.311 e. The van der Waals surface area contributed by atoms with Gasteiger partial charge in [-0.2, -0.15) is 0 Å². The van der Waals surface area contributed by atoms with Crippen LogP contribution in [0, 0.1) is 0 Å². The Labute approximate surface area is 134 Å². The van der Waals surface area contributed by atoms with Crippen LogP contribution in [0.2, 0.25) is 4.34 Å². The van der Waals surface area contributed by atoms with E-state index in [1.165, 1.54) is 9.75 Å². The predicted octanol–water partition coefficient (Wildman–Crippen LogP) is 4.12. The number of rotatable bonds is 8. The summed E-state index contributed by atoms with van der Waals surface area (Å²) in [5.74, 6) is 0. The number of thiophene rings is 2. The van der Waals surface area contributed by atoms with Gasteiger partial charge in [0.05, 0.1) is 4.34 Å². The first kappa shape index (κ1) is 16.0. The molecular weight excluding hydrogens is 308 g/mol. The van der Waals surface area contributed by atoms with Crippen LogP contribution in [0.5, 0.6) is 0 Å². The Morgan fingerprint density at radius 3 is 2.80 bits per heavy atom. The highest BCUT2D eigenvalue weighted by atomic mass is 35.5. The Morgan fingerprint density at radius 2 is 2.15 bits per heavy atom. The molecule has 0 aliphatic carbocycles. The first-order chi connectivity index (χ1) is 9.65. The van der Waals surface area contributed by atoms with Crippen LogP contribution in [0.3, 0.4) is 0 Å². The van der Waals surface area contributed by atoms with Gasteiger partial charge in [0.2, 0.25) is 0 Å². The van der Waals surface area contributed by atoms with Crippen molar-refractivity contribution in [2.24, 2.45) is 0 Å². The van der Waals surface area contributed by atoms with Crippen molar-refractivity contribution >= 4 is 34.3 Å². The van der Waals surface area contributed by atoms with Crippen LogP contribution in [0.25, 0.3) is 0 Å². The van der Waals surface area contributed by atoms with E-state index in [0.29, 0.717) is 6.04 Å². The van der Waals surface area contributed by atoms with Gasteiger partial charge in [0.25, 0.3) is 0 Å². The van der Waals surface area contributed by atoms with Crippen molar-refractivity contribution in [3.8, 4) is 0 Å². The second kappa shape index (κ2) is 8.15. The molecule has 2 heterocycles. The van der Waals surface area contributed by atoms with Crippen LogP contribution in [0.15, 0.2) is 29.6 Å². The molecule has 1 unspecified atom stereocenters. The van der Waals surface area contributed by atoms with Crippen molar-refractivity contribution in [3.05, 3.63) is 43.7 Å². The summed E-state index contributed by atoms with van der Waals surface area (Å²) >= 11 is 9.41. The van der Waals surface area contributed by atoms with Crippen LogP contribution in [-0.2, 0) is 13.0 Å². The molecule has 0 radical (unpaired) electrons. The Balaban J connectivity index is 1.63. The molecule has 110 valence electrons. The number of likely N-dealkylation sites (N-methyl/N-ethyl adjacent to an activating group) is 1. The summed E-state index contributed by atoms with van der Waals surface area (Å²) in [6, 6.07) is 8.96. The lowest BCUT2D eigenvalue weighted by Crippen LogP contribution is -2.36. The van der Waals surface area contributed by atoms with Gasteiger partial charge in [-0.3, -0.25) is 0 Å². The Morgan fingerprint density at radius 1 is 1.30 bits per heavy atom. The van der Waals surface area contributed by atoms with Crippen LogP contribution < -0.4 is 5.32 Å². The first-order valence-electron chi connectivity index (χ1n) is 6.82. The Bertz CT molecular complexity index is 496. The van der Waals surface area contributed by atoms with Crippen LogP contribution in [0.4, 0.5) is 0 Å². The molecule has 2 nitrogen and oxygen atoms in total. The third-order valence-electron chi connectivity index (χ3n) is 3.40. The molecule has 5 heteroatoms. The molecule has 2 aromatic rings. The third kappa shape index (κ3) is 5.19.